The summed E-state index contributed by atoms with van der Waals surface area (Å²) in [5.41, 5.74) is 2.39. The van der Waals surface area contributed by atoms with Gasteiger partial charge >= 0.3 is 0 Å². The van der Waals surface area contributed by atoms with Crippen molar-refractivity contribution in [3.63, 3.8) is 0 Å². The zero-order valence-electron chi connectivity index (χ0n) is 20.2. The van der Waals surface area contributed by atoms with E-state index in [1.807, 2.05) is 12.1 Å². The molecule has 0 heterocycles. The molecular weight excluding hydrogens is 454 g/mol. The van der Waals surface area contributed by atoms with E-state index in [-0.39, 0.29) is 18.7 Å². The Labute approximate surface area is 204 Å². The first-order valence-corrected chi connectivity index (χ1v) is 11.2. The van der Waals surface area contributed by atoms with E-state index in [1.165, 1.54) is 7.05 Å². The highest BCUT2D eigenvalue weighted by Gasteiger charge is 2.27. The molecule has 0 radical (unpaired) electrons. The molecule has 0 saturated heterocycles. The predicted octanol–water partition coefficient (Wildman–Crippen LogP) is 1.85. The first-order valence-electron chi connectivity index (χ1n) is 11.2. The zero-order valence-corrected chi connectivity index (χ0v) is 20.2. The Morgan fingerprint density at radius 2 is 1.46 bits per heavy atom. The van der Waals surface area contributed by atoms with Crippen LogP contribution in [0.2, 0.25) is 0 Å². The van der Waals surface area contributed by atoms with Crippen LogP contribution in [-0.2, 0) is 20.8 Å². The van der Waals surface area contributed by atoms with Crippen LogP contribution in [0.4, 0.5) is 0 Å². The Bertz CT molecular complexity index is 949. The van der Waals surface area contributed by atoms with Gasteiger partial charge in [0.2, 0.25) is 17.7 Å². The first kappa shape index (κ1) is 27.5. The normalized spacial score (nSPS) is 12.1. The Kier molecular flexibility index (Phi) is 11.3. The Morgan fingerprint density at radius 1 is 0.886 bits per heavy atom. The Morgan fingerprint density at radius 3 is 2.00 bits per heavy atom. The van der Waals surface area contributed by atoms with E-state index >= 15 is 0 Å². The van der Waals surface area contributed by atoms with Crippen LogP contribution in [0, 0.1) is 5.92 Å². The van der Waals surface area contributed by atoms with Gasteiger partial charge in [-0.05, 0) is 54.8 Å². The summed E-state index contributed by atoms with van der Waals surface area (Å²) in [4.78, 5) is 37.3. The third-order valence-electron chi connectivity index (χ3n) is 5.43. The molecular formula is C25H33N3O7. The van der Waals surface area contributed by atoms with Gasteiger partial charge in [-0.3, -0.25) is 19.6 Å². The first-order chi connectivity index (χ1) is 16.9. The van der Waals surface area contributed by atoms with Crippen LogP contribution in [0.25, 0.3) is 0 Å². The number of carbonyl (C=O) groups is 3. The van der Waals surface area contributed by atoms with Gasteiger partial charge in [-0.2, -0.15) is 0 Å². The van der Waals surface area contributed by atoms with Gasteiger partial charge in [0.25, 0.3) is 0 Å². The minimum Gasteiger partial charge on any atom is -0.497 e. The van der Waals surface area contributed by atoms with Gasteiger partial charge in [0, 0.05) is 25.8 Å². The lowest BCUT2D eigenvalue weighted by Gasteiger charge is -2.22. The zero-order chi connectivity index (χ0) is 25.6. The molecule has 0 aliphatic heterocycles. The summed E-state index contributed by atoms with van der Waals surface area (Å²) in [6.07, 6.45) is 0.827. The van der Waals surface area contributed by atoms with Crippen LogP contribution < -0.4 is 30.3 Å². The van der Waals surface area contributed by atoms with Crippen molar-refractivity contribution < 1.29 is 33.8 Å². The summed E-state index contributed by atoms with van der Waals surface area (Å²) < 4.78 is 16.0. The summed E-state index contributed by atoms with van der Waals surface area (Å²) in [5, 5.41) is 14.2. The molecule has 0 aliphatic rings. The van der Waals surface area contributed by atoms with Crippen molar-refractivity contribution in [2.45, 2.75) is 31.7 Å². The van der Waals surface area contributed by atoms with Gasteiger partial charge in [0.05, 0.1) is 20.8 Å². The van der Waals surface area contributed by atoms with Crippen LogP contribution in [0.15, 0.2) is 48.5 Å². The van der Waals surface area contributed by atoms with Crippen LogP contribution in [0.3, 0.4) is 0 Å². The number of nitrogens with one attached hydrogen (secondary N) is 3. The minimum atomic E-state index is -0.837. The predicted molar refractivity (Wildman–Crippen MR) is 128 cm³/mol. The topological polar surface area (TPSA) is 135 Å². The smallest absolute Gasteiger partial charge is 0.244 e. The van der Waals surface area contributed by atoms with Crippen LogP contribution >= 0.6 is 0 Å². The van der Waals surface area contributed by atoms with Crippen molar-refractivity contribution in [2.75, 3.05) is 27.9 Å². The molecule has 0 unspecified atom stereocenters. The second-order valence-corrected chi connectivity index (χ2v) is 7.83. The lowest BCUT2D eigenvalue weighted by atomic mass is 9.96. The highest BCUT2D eigenvalue weighted by atomic mass is 16.5. The number of benzene rings is 2. The number of ether oxygens (including phenoxy) is 3. The van der Waals surface area contributed by atoms with Gasteiger partial charge in [-0.1, -0.05) is 12.1 Å². The number of methoxy groups -OCH3 is 2. The maximum atomic E-state index is 13.0. The maximum absolute atomic E-state index is 13.0. The van der Waals surface area contributed by atoms with Crippen LogP contribution in [0.5, 0.6) is 17.2 Å². The molecule has 0 aliphatic carbocycles. The second-order valence-electron chi connectivity index (χ2n) is 7.83. The molecule has 4 N–H and O–H groups in total. The van der Waals surface area contributed by atoms with Crippen molar-refractivity contribution >= 4 is 17.7 Å². The van der Waals surface area contributed by atoms with Gasteiger partial charge in [0.15, 0.2) is 0 Å². The molecule has 0 saturated carbocycles. The Hall–Kier alpha value is -3.79. The number of likely N-dealkylation sites (N-methyl/N-ethyl adjacent to an activating group) is 1. The van der Waals surface area contributed by atoms with Crippen LogP contribution in [0.1, 0.15) is 24.8 Å². The summed E-state index contributed by atoms with van der Waals surface area (Å²) >= 11 is 0. The van der Waals surface area contributed by atoms with Gasteiger partial charge in [-0.25, -0.2) is 5.48 Å². The monoisotopic (exact) mass is 487 g/mol. The molecule has 190 valence electrons. The fourth-order valence-electron chi connectivity index (χ4n) is 3.46. The third-order valence-corrected chi connectivity index (χ3v) is 5.43. The highest BCUT2D eigenvalue weighted by molar-refractivity contribution is 5.90. The lowest BCUT2D eigenvalue weighted by molar-refractivity contribution is -0.136. The number of hydrogen-bond donors (Lipinski definition) is 4. The van der Waals surface area contributed by atoms with Gasteiger partial charge < -0.3 is 24.8 Å². The maximum Gasteiger partial charge on any atom is 0.244 e. The molecule has 2 aromatic carbocycles. The number of hydroxylamine groups is 1. The van der Waals surface area contributed by atoms with Gasteiger partial charge in [0.1, 0.15) is 23.3 Å². The van der Waals surface area contributed by atoms with E-state index < -0.39 is 23.8 Å². The molecule has 35 heavy (non-hydrogen) atoms. The fraction of sp³-hybridized carbons (Fsp3) is 0.400. The van der Waals surface area contributed by atoms with Crippen molar-refractivity contribution in [3.05, 3.63) is 54.1 Å². The average molecular weight is 488 g/mol. The number of hydrogen-bond acceptors (Lipinski definition) is 7. The van der Waals surface area contributed by atoms with E-state index in [0.717, 1.165) is 5.56 Å². The van der Waals surface area contributed by atoms with Crippen LogP contribution in [-0.4, -0.2) is 56.8 Å². The van der Waals surface area contributed by atoms with Crippen molar-refractivity contribution in [1.82, 2.24) is 16.1 Å². The van der Waals surface area contributed by atoms with Crippen molar-refractivity contribution in [3.8, 4) is 17.2 Å². The van der Waals surface area contributed by atoms with E-state index in [9.17, 15) is 14.4 Å². The SMILES string of the molecule is CNC(=O)[C@H](Cc1ccc(OC)cc1)NC(=O)[C@H](CCCOc1ccc(OC)cc1)CC(=O)NO. The fourth-order valence-corrected chi connectivity index (χ4v) is 3.46. The molecule has 10 heteroatoms. The second kappa shape index (κ2) is 14.5. The minimum absolute atomic E-state index is 0.228. The molecule has 0 fully saturated rings. The summed E-state index contributed by atoms with van der Waals surface area (Å²) in [5.74, 6) is -0.218. The molecule has 0 bridgehead atoms. The lowest BCUT2D eigenvalue weighted by Crippen LogP contribution is -2.49. The van der Waals surface area contributed by atoms with E-state index in [1.54, 1.807) is 56.1 Å². The summed E-state index contributed by atoms with van der Waals surface area (Å²) in [6.45, 7) is 0.321. The standard InChI is InChI=1S/C25H33N3O7/c1-26-25(31)22(15-17-6-8-19(33-2)9-7-17)27-24(30)18(16-23(29)28-32)5-4-14-35-21-12-10-20(34-3)11-13-21/h6-13,18,22,32H,4-5,14-16H2,1-3H3,(H,26,31)(H,27,30)(H,28,29)/t18-,22+/m1/s1. The average Bonchev–Trinajstić information content (AvgIpc) is 2.89. The summed E-state index contributed by atoms with van der Waals surface area (Å²) in [6, 6.07) is 13.4. The number of rotatable bonds is 14. The van der Waals surface area contributed by atoms with E-state index in [0.29, 0.717) is 36.7 Å². The third kappa shape index (κ3) is 9.17. The summed E-state index contributed by atoms with van der Waals surface area (Å²) in [7, 11) is 4.63. The number of carbonyl (C=O) groups excluding carboxylic acids is 3. The Balaban J connectivity index is 1.99. The molecule has 2 rings (SSSR count). The van der Waals surface area contributed by atoms with Crippen molar-refractivity contribution in [1.29, 1.82) is 0 Å². The molecule has 10 nitrogen and oxygen atoms in total. The molecule has 2 aromatic rings. The van der Waals surface area contributed by atoms with Gasteiger partial charge in [-0.15, -0.1) is 0 Å². The molecule has 0 spiro atoms. The largest absolute Gasteiger partial charge is 0.497 e. The number of amides is 3. The molecule has 0 aromatic heterocycles. The quantitative estimate of drug-likeness (QED) is 0.181. The van der Waals surface area contributed by atoms with E-state index in [2.05, 4.69) is 10.6 Å². The van der Waals surface area contributed by atoms with Crippen molar-refractivity contribution in [2.24, 2.45) is 5.92 Å². The molecule has 2 atom stereocenters. The molecule has 3 amide bonds. The van der Waals surface area contributed by atoms with E-state index in [4.69, 9.17) is 19.4 Å². The highest BCUT2D eigenvalue weighted by Crippen LogP contribution is 2.19.